The Labute approximate surface area is 177 Å². The summed E-state index contributed by atoms with van der Waals surface area (Å²) in [5.74, 6) is 0.103. The van der Waals surface area contributed by atoms with Crippen molar-refractivity contribution in [3.8, 4) is 5.75 Å². The molecule has 6 heteroatoms. The topological polar surface area (TPSA) is 75.7 Å². The predicted molar refractivity (Wildman–Crippen MR) is 116 cm³/mol. The smallest absolute Gasteiger partial charge is 0.251 e. The van der Waals surface area contributed by atoms with E-state index >= 15 is 0 Å². The molecular weight excluding hydrogens is 380 g/mol. The highest BCUT2D eigenvalue weighted by molar-refractivity contribution is 6.21. The van der Waals surface area contributed by atoms with Crippen molar-refractivity contribution < 1.29 is 19.1 Å². The molecule has 1 aliphatic heterocycles. The maximum atomic E-state index is 12.5. The van der Waals surface area contributed by atoms with Crippen LogP contribution in [0.1, 0.15) is 54.6 Å². The molecule has 0 bridgehead atoms. The molecule has 3 rings (SSSR count). The molecule has 1 saturated heterocycles. The second kappa shape index (κ2) is 9.11. The molecule has 1 atom stereocenters. The summed E-state index contributed by atoms with van der Waals surface area (Å²) in [6.07, 6.45) is 0.198. The second-order valence-corrected chi connectivity index (χ2v) is 8.02. The van der Waals surface area contributed by atoms with E-state index in [1.165, 1.54) is 0 Å². The fourth-order valence-electron chi connectivity index (χ4n) is 3.51. The molecule has 0 aliphatic carbocycles. The minimum atomic E-state index is -0.329. The summed E-state index contributed by atoms with van der Waals surface area (Å²) in [4.78, 5) is 38.0. The average molecular weight is 408 g/mol. The molecule has 0 radical (unpaired) electrons. The molecule has 1 heterocycles. The van der Waals surface area contributed by atoms with Crippen molar-refractivity contribution in [1.82, 2.24) is 5.32 Å². The van der Waals surface area contributed by atoms with E-state index in [0.717, 1.165) is 21.8 Å². The van der Waals surface area contributed by atoms with E-state index in [0.29, 0.717) is 30.3 Å². The van der Waals surface area contributed by atoms with Crippen molar-refractivity contribution in [3.63, 3.8) is 0 Å². The van der Waals surface area contributed by atoms with Crippen molar-refractivity contribution in [1.29, 1.82) is 0 Å². The van der Waals surface area contributed by atoms with Gasteiger partial charge >= 0.3 is 0 Å². The molecule has 2 aromatic carbocycles. The molecular formula is C24H28N2O4. The SMILES string of the molecule is Cc1ccc(C(C)C)c(OCCNC(=O)c2cccc(N3C(=O)C[C@@H](C)C3=O)c2)c1. The number of ether oxygens (including phenoxy) is 1. The van der Waals surface area contributed by atoms with Crippen LogP contribution in [0.3, 0.4) is 0 Å². The van der Waals surface area contributed by atoms with Gasteiger partial charge in [-0.3, -0.25) is 19.3 Å². The standard InChI is InChI=1S/C24H28N2O4/c1-15(2)20-9-8-16(3)12-21(20)30-11-10-25-23(28)18-6-5-7-19(14-18)26-22(27)13-17(4)24(26)29/h5-9,12,14-15,17H,10-11,13H2,1-4H3,(H,25,28)/t17-/m1/s1. The van der Waals surface area contributed by atoms with Gasteiger partial charge in [-0.2, -0.15) is 0 Å². The largest absolute Gasteiger partial charge is 0.491 e. The quantitative estimate of drug-likeness (QED) is 0.558. The average Bonchev–Trinajstić information content (AvgIpc) is 2.96. The van der Waals surface area contributed by atoms with Gasteiger partial charge in [0, 0.05) is 17.9 Å². The van der Waals surface area contributed by atoms with Crippen LogP contribution in [-0.2, 0) is 9.59 Å². The number of carbonyl (C=O) groups is 3. The molecule has 2 aromatic rings. The first kappa shape index (κ1) is 21.6. The first-order valence-electron chi connectivity index (χ1n) is 10.3. The fraction of sp³-hybridized carbons (Fsp3) is 0.375. The van der Waals surface area contributed by atoms with Gasteiger partial charge in [0.15, 0.2) is 0 Å². The number of carbonyl (C=O) groups excluding carboxylic acids is 3. The van der Waals surface area contributed by atoms with Crippen LogP contribution in [-0.4, -0.2) is 30.9 Å². The van der Waals surface area contributed by atoms with Gasteiger partial charge in [0.05, 0.1) is 12.2 Å². The Hall–Kier alpha value is -3.15. The van der Waals surface area contributed by atoms with Gasteiger partial charge in [0.25, 0.3) is 5.91 Å². The maximum Gasteiger partial charge on any atom is 0.251 e. The Morgan fingerprint density at radius 1 is 1.20 bits per heavy atom. The molecule has 1 aliphatic rings. The van der Waals surface area contributed by atoms with Gasteiger partial charge in [-0.25, -0.2) is 0 Å². The summed E-state index contributed by atoms with van der Waals surface area (Å²) in [5.41, 5.74) is 3.08. The molecule has 3 amide bonds. The Morgan fingerprint density at radius 3 is 2.63 bits per heavy atom. The lowest BCUT2D eigenvalue weighted by molar-refractivity contribution is -0.122. The van der Waals surface area contributed by atoms with Gasteiger partial charge in [0.2, 0.25) is 11.8 Å². The van der Waals surface area contributed by atoms with Crippen LogP contribution < -0.4 is 15.0 Å². The number of aryl methyl sites for hydroxylation is 1. The molecule has 6 nitrogen and oxygen atoms in total. The Bertz CT molecular complexity index is 967. The molecule has 30 heavy (non-hydrogen) atoms. The zero-order chi connectivity index (χ0) is 21.8. The summed E-state index contributed by atoms with van der Waals surface area (Å²) in [6, 6.07) is 12.7. The lowest BCUT2D eigenvalue weighted by Crippen LogP contribution is -2.31. The summed E-state index contributed by atoms with van der Waals surface area (Å²) >= 11 is 0. The van der Waals surface area contributed by atoms with Crippen molar-refractivity contribution in [3.05, 3.63) is 59.2 Å². The molecule has 0 aromatic heterocycles. The zero-order valence-corrected chi connectivity index (χ0v) is 17.9. The third-order valence-electron chi connectivity index (χ3n) is 5.17. The van der Waals surface area contributed by atoms with Crippen molar-refractivity contribution >= 4 is 23.4 Å². The molecule has 1 fully saturated rings. The highest BCUT2D eigenvalue weighted by atomic mass is 16.5. The Morgan fingerprint density at radius 2 is 1.97 bits per heavy atom. The lowest BCUT2D eigenvalue weighted by Gasteiger charge is -2.16. The first-order chi connectivity index (χ1) is 14.3. The molecule has 0 unspecified atom stereocenters. The third kappa shape index (κ3) is 4.70. The van der Waals surface area contributed by atoms with E-state index in [1.807, 2.05) is 13.0 Å². The number of amides is 3. The number of benzene rings is 2. The van der Waals surface area contributed by atoms with Crippen LogP contribution in [0.25, 0.3) is 0 Å². The third-order valence-corrected chi connectivity index (χ3v) is 5.17. The summed E-state index contributed by atoms with van der Waals surface area (Å²) in [5, 5.41) is 2.83. The fourth-order valence-corrected chi connectivity index (χ4v) is 3.51. The highest BCUT2D eigenvalue weighted by Gasteiger charge is 2.36. The van der Waals surface area contributed by atoms with Crippen LogP contribution in [0.15, 0.2) is 42.5 Å². The van der Waals surface area contributed by atoms with Crippen LogP contribution in [0, 0.1) is 12.8 Å². The van der Waals surface area contributed by atoms with Gasteiger partial charge < -0.3 is 10.1 Å². The van der Waals surface area contributed by atoms with Crippen molar-refractivity contribution in [2.24, 2.45) is 5.92 Å². The van der Waals surface area contributed by atoms with Crippen molar-refractivity contribution in [2.45, 2.75) is 40.0 Å². The summed E-state index contributed by atoms with van der Waals surface area (Å²) in [7, 11) is 0. The predicted octanol–water partition coefficient (Wildman–Crippen LogP) is 3.83. The van der Waals surface area contributed by atoms with E-state index in [2.05, 4.69) is 31.3 Å². The van der Waals surface area contributed by atoms with E-state index in [4.69, 9.17) is 4.74 Å². The molecule has 158 valence electrons. The molecule has 0 saturated carbocycles. The number of imide groups is 1. The highest BCUT2D eigenvalue weighted by Crippen LogP contribution is 2.28. The second-order valence-electron chi connectivity index (χ2n) is 8.02. The van der Waals surface area contributed by atoms with Crippen LogP contribution in [0.4, 0.5) is 5.69 Å². The van der Waals surface area contributed by atoms with Gasteiger partial charge in [-0.1, -0.05) is 39.0 Å². The monoisotopic (exact) mass is 408 g/mol. The number of rotatable bonds is 7. The minimum absolute atomic E-state index is 0.198. The number of nitrogens with zero attached hydrogens (tertiary/aromatic N) is 1. The molecule has 1 N–H and O–H groups in total. The summed E-state index contributed by atoms with van der Waals surface area (Å²) in [6.45, 7) is 8.66. The van der Waals surface area contributed by atoms with Gasteiger partial charge in [0.1, 0.15) is 12.4 Å². The number of hydrogen-bond acceptors (Lipinski definition) is 4. The molecule has 0 spiro atoms. The maximum absolute atomic E-state index is 12.5. The Kier molecular flexibility index (Phi) is 6.55. The van der Waals surface area contributed by atoms with Crippen molar-refractivity contribution in [2.75, 3.05) is 18.1 Å². The van der Waals surface area contributed by atoms with Crippen LogP contribution in [0.2, 0.25) is 0 Å². The number of hydrogen-bond donors (Lipinski definition) is 1. The van der Waals surface area contributed by atoms with Crippen LogP contribution in [0.5, 0.6) is 5.75 Å². The van der Waals surface area contributed by atoms with Gasteiger partial charge in [-0.15, -0.1) is 0 Å². The van der Waals surface area contributed by atoms with E-state index in [1.54, 1.807) is 31.2 Å². The summed E-state index contributed by atoms with van der Waals surface area (Å²) < 4.78 is 5.90. The van der Waals surface area contributed by atoms with E-state index < -0.39 is 0 Å². The minimum Gasteiger partial charge on any atom is -0.491 e. The van der Waals surface area contributed by atoms with E-state index in [-0.39, 0.29) is 30.1 Å². The number of nitrogens with one attached hydrogen (secondary N) is 1. The lowest BCUT2D eigenvalue weighted by atomic mass is 10.0. The first-order valence-corrected chi connectivity index (χ1v) is 10.3. The van der Waals surface area contributed by atoms with E-state index in [9.17, 15) is 14.4 Å². The number of anilines is 1. The normalized spacial score (nSPS) is 16.3. The zero-order valence-electron chi connectivity index (χ0n) is 17.9. The van der Waals surface area contributed by atoms with Crippen LogP contribution >= 0.6 is 0 Å². The Balaban J connectivity index is 1.59. The van der Waals surface area contributed by atoms with Gasteiger partial charge in [-0.05, 0) is 48.2 Å².